The monoisotopic (exact) mass is 343 g/mol. The molecule has 8 heteroatoms. The summed E-state index contributed by atoms with van der Waals surface area (Å²) in [4.78, 5) is 11.4. The van der Waals surface area contributed by atoms with Crippen LogP contribution in [0.15, 0.2) is 17.2 Å². The fraction of sp³-hybridized carbons (Fsp3) is 0.667. The smallest absolute Gasteiger partial charge is 0.265 e. The minimum absolute atomic E-state index is 0.0482. The highest BCUT2D eigenvalue weighted by Crippen LogP contribution is 2.46. The lowest BCUT2D eigenvalue weighted by molar-refractivity contribution is -0.129. The number of aromatic nitrogens is 1. The van der Waals surface area contributed by atoms with Crippen molar-refractivity contribution >= 4 is 15.9 Å². The summed E-state index contributed by atoms with van der Waals surface area (Å²) < 4.78 is 34.1. The van der Waals surface area contributed by atoms with Crippen LogP contribution in [0.2, 0.25) is 0 Å². The van der Waals surface area contributed by atoms with Crippen molar-refractivity contribution in [2.24, 2.45) is 18.2 Å². The second-order valence-corrected chi connectivity index (χ2v) is 8.57. The third-order valence-electron chi connectivity index (χ3n) is 4.84. The summed E-state index contributed by atoms with van der Waals surface area (Å²) in [5.41, 5.74) is 5.15. The number of sulfonamides is 1. The normalized spacial score (nSPS) is 23.7. The van der Waals surface area contributed by atoms with Gasteiger partial charge in [0.05, 0.1) is 6.10 Å². The molecule has 2 unspecified atom stereocenters. The van der Waals surface area contributed by atoms with Crippen LogP contribution in [0.3, 0.4) is 0 Å². The molecule has 0 aliphatic heterocycles. The molecule has 1 aliphatic rings. The van der Waals surface area contributed by atoms with Gasteiger partial charge in [0.15, 0.2) is 0 Å². The maximum atomic E-state index is 12.8. The van der Waals surface area contributed by atoms with Crippen molar-refractivity contribution in [2.45, 2.75) is 44.2 Å². The summed E-state index contributed by atoms with van der Waals surface area (Å²) in [6.45, 7) is 6.55. The lowest BCUT2D eigenvalue weighted by Gasteiger charge is -2.54. The number of amides is 1. The van der Waals surface area contributed by atoms with Crippen LogP contribution in [0, 0.1) is 5.41 Å². The van der Waals surface area contributed by atoms with Crippen molar-refractivity contribution in [3.8, 4) is 0 Å². The highest BCUT2D eigenvalue weighted by atomic mass is 32.2. The van der Waals surface area contributed by atoms with Gasteiger partial charge in [-0.3, -0.25) is 4.79 Å². The Hall–Kier alpha value is -1.38. The molecule has 2 N–H and O–H groups in total. The maximum absolute atomic E-state index is 12.8. The van der Waals surface area contributed by atoms with Crippen LogP contribution in [0.5, 0.6) is 0 Å². The van der Waals surface area contributed by atoms with Crippen LogP contribution < -0.4 is 5.73 Å². The molecule has 23 heavy (non-hydrogen) atoms. The lowest BCUT2D eigenvalue weighted by atomic mass is 9.64. The summed E-state index contributed by atoms with van der Waals surface area (Å²) in [7, 11) is -0.529. The van der Waals surface area contributed by atoms with E-state index in [0.717, 1.165) is 0 Å². The third kappa shape index (κ3) is 2.90. The topological polar surface area (TPSA) is 94.6 Å². The zero-order valence-corrected chi connectivity index (χ0v) is 15.1. The molecule has 130 valence electrons. The van der Waals surface area contributed by atoms with Crippen molar-refractivity contribution in [3.63, 3.8) is 0 Å². The molecule has 1 aromatic heterocycles. The van der Waals surface area contributed by atoms with E-state index in [1.54, 1.807) is 14.1 Å². The molecule has 0 saturated heterocycles. The Morgan fingerprint density at radius 1 is 1.52 bits per heavy atom. The molecule has 1 saturated carbocycles. The molecule has 2 rings (SSSR count). The number of ether oxygens (including phenoxy) is 1. The van der Waals surface area contributed by atoms with Gasteiger partial charge in [-0.15, -0.1) is 0 Å². The molecule has 1 heterocycles. The standard InChI is InChI=1S/C15H25N3O4S/c1-6-22-13-8-12(15(13,2)3)18(5)23(20,21)10-7-11(14(16)19)17(4)9-10/h7,9,12-13H,6,8H2,1-5H3,(H2,16,19). The van der Waals surface area contributed by atoms with Crippen molar-refractivity contribution in [3.05, 3.63) is 18.0 Å². The van der Waals surface area contributed by atoms with E-state index in [9.17, 15) is 13.2 Å². The first kappa shape index (κ1) is 18.0. The Labute approximate surface area is 137 Å². The molecule has 0 radical (unpaired) electrons. The van der Waals surface area contributed by atoms with Crippen LogP contribution in [-0.2, 0) is 21.8 Å². The second kappa shape index (κ2) is 5.92. The Morgan fingerprint density at radius 2 is 2.13 bits per heavy atom. The van der Waals surface area contributed by atoms with Gasteiger partial charge in [-0.05, 0) is 19.4 Å². The molecule has 1 aliphatic carbocycles. The number of primary amides is 1. The zero-order valence-electron chi connectivity index (χ0n) is 14.2. The van der Waals surface area contributed by atoms with Crippen LogP contribution in [0.25, 0.3) is 0 Å². The van der Waals surface area contributed by atoms with Gasteiger partial charge in [0.25, 0.3) is 5.91 Å². The van der Waals surface area contributed by atoms with Gasteiger partial charge in [0, 0.05) is 38.4 Å². The number of hydrogen-bond donors (Lipinski definition) is 1. The van der Waals surface area contributed by atoms with Gasteiger partial charge in [0.1, 0.15) is 10.6 Å². The molecule has 0 aromatic carbocycles. The van der Waals surface area contributed by atoms with E-state index in [1.165, 1.54) is 21.1 Å². The first-order valence-electron chi connectivity index (χ1n) is 7.59. The van der Waals surface area contributed by atoms with Gasteiger partial charge < -0.3 is 15.0 Å². The van der Waals surface area contributed by atoms with Gasteiger partial charge in [-0.2, -0.15) is 4.31 Å². The predicted octanol–water partition coefficient (Wildman–Crippen LogP) is 0.948. The van der Waals surface area contributed by atoms with Crippen LogP contribution in [-0.4, -0.2) is 49.0 Å². The van der Waals surface area contributed by atoms with Gasteiger partial charge in [-0.1, -0.05) is 13.8 Å². The van der Waals surface area contributed by atoms with Crippen LogP contribution in [0.4, 0.5) is 0 Å². The van der Waals surface area contributed by atoms with E-state index in [2.05, 4.69) is 0 Å². The number of hydrogen-bond acceptors (Lipinski definition) is 4. The van der Waals surface area contributed by atoms with E-state index >= 15 is 0 Å². The number of nitrogens with zero attached hydrogens (tertiary/aromatic N) is 2. The fourth-order valence-corrected chi connectivity index (χ4v) is 4.80. The molecular weight excluding hydrogens is 318 g/mol. The number of carbonyl (C=O) groups is 1. The zero-order chi connectivity index (χ0) is 17.6. The largest absolute Gasteiger partial charge is 0.378 e. The quantitative estimate of drug-likeness (QED) is 0.832. The summed E-state index contributed by atoms with van der Waals surface area (Å²) in [6.07, 6.45) is 2.12. The lowest BCUT2D eigenvalue weighted by Crippen LogP contribution is -2.62. The summed E-state index contributed by atoms with van der Waals surface area (Å²) in [5, 5.41) is 0. The highest BCUT2D eigenvalue weighted by molar-refractivity contribution is 7.89. The van der Waals surface area contributed by atoms with Crippen LogP contribution in [0.1, 0.15) is 37.7 Å². The maximum Gasteiger partial charge on any atom is 0.265 e. The molecule has 1 amide bonds. The highest BCUT2D eigenvalue weighted by Gasteiger charge is 2.53. The van der Waals surface area contributed by atoms with Crippen molar-refractivity contribution in [1.29, 1.82) is 0 Å². The minimum Gasteiger partial charge on any atom is -0.378 e. The number of rotatable bonds is 6. The third-order valence-corrected chi connectivity index (χ3v) is 6.67. The van der Waals surface area contributed by atoms with Gasteiger partial charge in [0.2, 0.25) is 10.0 Å². The molecule has 2 atom stereocenters. The predicted molar refractivity (Wildman–Crippen MR) is 86.5 cm³/mol. The Kier molecular flexibility index (Phi) is 4.62. The van der Waals surface area contributed by atoms with E-state index in [1.807, 2.05) is 20.8 Å². The Balaban J connectivity index is 2.27. The molecule has 0 spiro atoms. The number of carbonyl (C=O) groups excluding carboxylic acids is 1. The minimum atomic E-state index is -3.69. The van der Waals surface area contributed by atoms with Crippen molar-refractivity contribution < 1.29 is 17.9 Å². The van der Waals surface area contributed by atoms with E-state index in [0.29, 0.717) is 13.0 Å². The second-order valence-electron chi connectivity index (χ2n) is 6.57. The summed E-state index contributed by atoms with van der Waals surface area (Å²) >= 11 is 0. The number of aryl methyl sites for hydroxylation is 1. The van der Waals surface area contributed by atoms with E-state index < -0.39 is 15.9 Å². The summed E-state index contributed by atoms with van der Waals surface area (Å²) in [5.74, 6) is -0.656. The first-order valence-corrected chi connectivity index (χ1v) is 9.03. The average molecular weight is 343 g/mol. The van der Waals surface area contributed by atoms with Gasteiger partial charge >= 0.3 is 0 Å². The van der Waals surface area contributed by atoms with Crippen LogP contribution >= 0.6 is 0 Å². The molecule has 7 nitrogen and oxygen atoms in total. The van der Waals surface area contributed by atoms with E-state index in [4.69, 9.17) is 10.5 Å². The van der Waals surface area contributed by atoms with Crippen molar-refractivity contribution in [1.82, 2.24) is 8.87 Å². The Morgan fingerprint density at radius 3 is 2.57 bits per heavy atom. The van der Waals surface area contributed by atoms with E-state index in [-0.39, 0.29) is 28.2 Å². The molecule has 1 aromatic rings. The summed E-state index contributed by atoms with van der Waals surface area (Å²) in [6, 6.07) is 1.17. The Bertz CT molecular complexity index is 708. The average Bonchev–Trinajstić information content (AvgIpc) is 2.85. The first-order chi connectivity index (χ1) is 10.5. The van der Waals surface area contributed by atoms with Gasteiger partial charge in [-0.25, -0.2) is 8.42 Å². The molecule has 1 fully saturated rings. The molecule has 0 bridgehead atoms. The van der Waals surface area contributed by atoms with Crippen molar-refractivity contribution in [2.75, 3.05) is 13.7 Å². The molecular formula is C15H25N3O4S. The SMILES string of the molecule is CCOC1CC(N(C)S(=O)(=O)c2cc(C(N)=O)n(C)c2)C1(C)C. The number of nitrogens with two attached hydrogens (primary N) is 1. The fourth-order valence-electron chi connectivity index (χ4n) is 3.22.